The van der Waals surface area contributed by atoms with Gasteiger partial charge in [-0.25, -0.2) is 9.78 Å². The minimum absolute atomic E-state index is 0.0696. The molecule has 0 radical (unpaired) electrons. The van der Waals surface area contributed by atoms with Crippen molar-refractivity contribution >= 4 is 57.3 Å². The third kappa shape index (κ3) is 4.47. The van der Waals surface area contributed by atoms with Crippen LogP contribution >= 0.6 is 35.2 Å². The van der Waals surface area contributed by atoms with E-state index in [0.717, 1.165) is 11.3 Å². The summed E-state index contributed by atoms with van der Waals surface area (Å²) in [6, 6.07) is 6.48. The van der Waals surface area contributed by atoms with Gasteiger partial charge in [0, 0.05) is 10.6 Å². The number of thiazole rings is 1. The Morgan fingerprint density at radius 2 is 2.13 bits per heavy atom. The molecule has 2 N–H and O–H groups in total. The lowest BCUT2D eigenvalue weighted by molar-refractivity contribution is 0.0605. The number of benzene rings is 1. The Morgan fingerprint density at radius 1 is 1.39 bits per heavy atom. The van der Waals surface area contributed by atoms with Gasteiger partial charge in [0.1, 0.15) is 4.88 Å². The first-order chi connectivity index (χ1) is 10.9. The van der Waals surface area contributed by atoms with Crippen molar-refractivity contribution < 1.29 is 14.3 Å². The SMILES string of the molecule is COC(=O)c1sc(NC(=S)NC(=O)c2cccc(Cl)c2)nc1C. The van der Waals surface area contributed by atoms with E-state index in [4.69, 9.17) is 23.8 Å². The maximum atomic E-state index is 12.0. The quantitative estimate of drug-likeness (QED) is 0.639. The predicted molar refractivity (Wildman–Crippen MR) is 93.3 cm³/mol. The van der Waals surface area contributed by atoms with Crippen molar-refractivity contribution in [2.24, 2.45) is 0 Å². The van der Waals surface area contributed by atoms with Crippen molar-refractivity contribution in [1.82, 2.24) is 10.3 Å². The Bertz CT molecular complexity index is 776. The predicted octanol–water partition coefficient (Wildman–Crippen LogP) is 3.02. The van der Waals surface area contributed by atoms with Gasteiger partial charge >= 0.3 is 5.97 Å². The largest absolute Gasteiger partial charge is 0.465 e. The van der Waals surface area contributed by atoms with Gasteiger partial charge in [-0.1, -0.05) is 29.0 Å². The Balaban J connectivity index is 2.02. The second-order valence-corrected chi connectivity index (χ2v) is 6.19. The number of aromatic nitrogens is 1. The van der Waals surface area contributed by atoms with Crippen LogP contribution in [0.5, 0.6) is 0 Å². The molecule has 23 heavy (non-hydrogen) atoms. The summed E-state index contributed by atoms with van der Waals surface area (Å²) in [5.41, 5.74) is 0.903. The Hall–Kier alpha value is -2.03. The van der Waals surface area contributed by atoms with E-state index in [1.165, 1.54) is 13.2 Å². The summed E-state index contributed by atoms with van der Waals surface area (Å²) in [6.45, 7) is 1.68. The van der Waals surface area contributed by atoms with Crippen molar-refractivity contribution in [1.29, 1.82) is 0 Å². The molecule has 120 valence electrons. The molecule has 0 bridgehead atoms. The molecule has 0 atom stereocenters. The fourth-order valence-corrected chi connectivity index (χ4v) is 3.00. The summed E-state index contributed by atoms with van der Waals surface area (Å²) in [5.74, 6) is -0.867. The first-order valence-corrected chi connectivity index (χ1v) is 7.94. The number of hydrogen-bond donors (Lipinski definition) is 2. The number of amides is 1. The van der Waals surface area contributed by atoms with Gasteiger partial charge < -0.3 is 10.1 Å². The number of methoxy groups -OCH3 is 1. The monoisotopic (exact) mass is 369 g/mol. The number of carbonyl (C=O) groups excluding carboxylic acids is 2. The smallest absolute Gasteiger partial charge is 0.350 e. The van der Waals surface area contributed by atoms with Crippen LogP contribution < -0.4 is 10.6 Å². The van der Waals surface area contributed by atoms with Gasteiger partial charge in [-0.05, 0) is 37.3 Å². The molecule has 6 nitrogen and oxygen atoms in total. The molecule has 0 aliphatic carbocycles. The van der Waals surface area contributed by atoms with Crippen LogP contribution in [0, 0.1) is 6.92 Å². The van der Waals surface area contributed by atoms with Crippen LogP contribution in [-0.2, 0) is 4.74 Å². The molecule has 0 aliphatic rings. The standard InChI is InChI=1S/C14H12ClN3O3S2/c1-7-10(12(20)21-2)23-14(16-7)18-13(22)17-11(19)8-4-3-5-9(15)6-8/h3-6H,1-2H3,(H2,16,17,18,19,22). The highest BCUT2D eigenvalue weighted by Crippen LogP contribution is 2.23. The first kappa shape index (κ1) is 17.3. The number of thiocarbonyl (C=S) groups is 1. The number of anilines is 1. The van der Waals surface area contributed by atoms with E-state index < -0.39 is 11.9 Å². The number of esters is 1. The van der Waals surface area contributed by atoms with Crippen LogP contribution in [0.15, 0.2) is 24.3 Å². The topological polar surface area (TPSA) is 80.3 Å². The van der Waals surface area contributed by atoms with Crippen molar-refractivity contribution in [3.05, 3.63) is 45.4 Å². The number of ether oxygens (including phenoxy) is 1. The second-order valence-electron chi connectivity index (χ2n) is 4.34. The molecular formula is C14H12ClN3O3S2. The molecule has 1 aromatic heterocycles. The van der Waals surface area contributed by atoms with Crippen molar-refractivity contribution in [2.75, 3.05) is 12.4 Å². The van der Waals surface area contributed by atoms with Gasteiger partial charge in [-0.3, -0.25) is 10.1 Å². The molecule has 0 unspecified atom stereocenters. The number of hydrogen-bond acceptors (Lipinski definition) is 6. The molecule has 0 spiro atoms. The highest BCUT2D eigenvalue weighted by Gasteiger charge is 2.16. The highest BCUT2D eigenvalue weighted by molar-refractivity contribution is 7.80. The maximum absolute atomic E-state index is 12.0. The van der Waals surface area contributed by atoms with Crippen molar-refractivity contribution in [3.63, 3.8) is 0 Å². The Morgan fingerprint density at radius 3 is 2.78 bits per heavy atom. The molecule has 1 amide bonds. The number of carbonyl (C=O) groups is 2. The van der Waals surface area contributed by atoms with Crippen LogP contribution in [-0.4, -0.2) is 29.1 Å². The molecule has 0 saturated carbocycles. The van der Waals surface area contributed by atoms with E-state index in [9.17, 15) is 9.59 Å². The summed E-state index contributed by atoms with van der Waals surface area (Å²) < 4.78 is 4.66. The van der Waals surface area contributed by atoms with Gasteiger partial charge in [-0.2, -0.15) is 0 Å². The van der Waals surface area contributed by atoms with Crippen molar-refractivity contribution in [2.45, 2.75) is 6.92 Å². The minimum atomic E-state index is -0.470. The van der Waals surface area contributed by atoms with Gasteiger partial charge in [0.2, 0.25) is 0 Å². The third-order valence-electron chi connectivity index (χ3n) is 2.70. The van der Waals surface area contributed by atoms with E-state index in [1.807, 2.05) is 0 Å². The second kappa shape index (κ2) is 7.49. The number of rotatable bonds is 3. The molecule has 0 aliphatic heterocycles. The first-order valence-electron chi connectivity index (χ1n) is 6.34. The average Bonchev–Trinajstić information content (AvgIpc) is 2.86. The van der Waals surface area contributed by atoms with Gasteiger partial charge in [0.15, 0.2) is 10.2 Å². The van der Waals surface area contributed by atoms with Crippen LogP contribution in [0.2, 0.25) is 5.02 Å². The molecule has 0 fully saturated rings. The molecule has 2 aromatic rings. The number of nitrogens with one attached hydrogen (secondary N) is 2. The zero-order valence-corrected chi connectivity index (χ0v) is 14.6. The van der Waals surface area contributed by atoms with E-state index in [-0.39, 0.29) is 5.11 Å². The molecule has 9 heteroatoms. The molecule has 2 rings (SSSR count). The van der Waals surface area contributed by atoms with E-state index in [1.54, 1.807) is 25.1 Å². The summed E-state index contributed by atoms with van der Waals surface area (Å²) in [4.78, 5) is 28.1. The minimum Gasteiger partial charge on any atom is -0.465 e. The van der Waals surface area contributed by atoms with Crippen LogP contribution in [0.4, 0.5) is 5.13 Å². The molecule has 0 saturated heterocycles. The fraction of sp³-hybridized carbons (Fsp3) is 0.143. The Kier molecular flexibility index (Phi) is 5.64. The Labute approximate surface area is 146 Å². The number of halogens is 1. The fourth-order valence-electron chi connectivity index (χ4n) is 1.67. The maximum Gasteiger partial charge on any atom is 0.350 e. The summed E-state index contributed by atoms with van der Waals surface area (Å²) in [6.07, 6.45) is 0. The average molecular weight is 370 g/mol. The summed E-state index contributed by atoms with van der Waals surface area (Å²) >= 11 is 12.0. The summed E-state index contributed by atoms with van der Waals surface area (Å²) in [5, 5.41) is 6.19. The summed E-state index contributed by atoms with van der Waals surface area (Å²) in [7, 11) is 1.30. The lowest BCUT2D eigenvalue weighted by Crippen LogP contribution is -2.34. The van der Waals surface area contributed by atoms with E-state index in [0.29, 0.717) is 26.3 Å². The van der Waals surface area contributed by atoms with Crippen LogP contribution in [0.1, 0.15) is 25.7 Å². The zero-order valence-electron chi connectivity index (χ0n) is 12.2. The molecule has 1 aromatic carbocycles. The number of aryl methyl sites for hydroxylation is 1. The molecule has 1 heterocycles. The van der Waals surface area contributed by atoms with E-state index in [2.05, 4.69) is 20.4 Å². The van der Waals surface area contributed by atoms with Crippen LogP contribution in [0.25, 0.3) is 0 Å². The van der Waals surface area contributed by atoms with Gasteiger partial charge in [-0.15, -0.1) is 0 Å². The lowest BCUT2D eigenvalue weighted by atomic mass is 10.2. The normalized spacial score (nSPS) is 10.0. The third-order valence-corrected chi connectivity index (χ3v) is 4.19. The van der Waals surface area contributed by atoms with Gasteiger partial charge in [0.05, 0.1) is 12.8 Å². The van der Waals surface area contributed by atoms with Crippen molar-refractivity contribution in [3.8, 4) is 0 Å². The lowest BCUT2D eigenvalue weighted by Gasteiger charge is -2.07. The number of nitrogens with zero attached hydrogens (tertiary/aromatic N) is 1. The van der Waals surface area contributed by atoms with E-state index >= 15 is 0 Å². The zero-order chi connectivity index (χ0) is 17.0. The van der Waals surface area contributed by atoms with Crippen LogP contribution in [0.3, 0.4) is 0 Å². The van der Waals surface area contributed by atoms with Gasteiger partial charge in [0.25, 0.3) is 5.91 Å². The highest BCUT2D eigenvalue weighted by atomic mass is 35.5. The molecular weight excluding hydrogens is 358 g/mol.